The predicted octanol–water partition coefficient (Wildman–Crippen LogP) is 6.66. The molecule has 0 aliphatic carbocycles. The van der Waals surface area contributed by atoms with Crippen molar-refractivity contribution in [3.8, 4) is 0 Å². The summed E-state index contributed by atoms with van der Waals surface area (Å²) in [6.07, 6.45) is 12.1. The number of rotatable bonds is 10. The summed E-state index contributed by atoms with van der Waals surface area (Å²) >= 11 is 2.66. The van der Waals surface area contributed by atoms with Crippen molar-refractivity contribution in [2.45, 2.75) is 78.1 Å². The number of nitrogens with zero attached hydrogens (tertiary/aromatic N) is 4. The van der Waals surface area contributed by atoms with Gasteiger partial charge in [0.15, 0.2) is 0 Å². The fourth-order valence-electron chi connectivity index (χ4n) is 3.32. The summed E-state index contributed by atoms with van der Waals surface area (Å²) in [6.45, 7) is 4.50. The summed E-state index contributed by atoms with van der Waals surface area (Å²) < 4.78 is 18.5. The van der Waals surface area contributed by atoms with Crippen LogP contribution in [-0.2, 0) is 24.2 Å². The van der Waals surface area contributed by atoms with Crippen LogP contribution in [0.5, 0.6) is 0 Å². The first-order chi connectivity index (χ1) is 11.9. The highest BCUT2D eigenvalue weighted by Gasteiger charge is 2.23. The average Bonchev–Trinajstić information content (AvgIpc) is 3.25. The number of benzene rings is 1. The van der Waals surface area contributed by atoms with E-state index in [9.17, 15) is 0 Å². The highest BCUT2D eigenvalue weighted by Crippen LogP contribution is 2.44. The molecule has 1 aliphatic heterocycles. The van der Waals surface area contributed by atoms with E-state index in [1.165, 1.54) is 85.6 Å². The first-order valence-electron chi connectivity index (χ1n) is 9.25. The molecule has 0 atom stereocenters. The quantitative estimate of drug-likeness (QED) is 0.378. The zero-order valence-corrected chi connectivity index (χ0v) is 16.3. The summed E-state index contributed by atoms with van der Waals surface area (Å²) in [7, 11) is 0. The van der Waals surface area contributed by atoms with Crippen LogP contribution in [0.2, 0.25) is 0 Å². The third-order valence-electron chi connectivity index (χ3n) is 4.68. The SMILES string of the molecule is CCCCCCc1c2c(c(CCCCCC)c3nsnc13)N=S=N2. The lowest BCUT2D eigenvalue weighted by Gasteiger charge is -2.11. The Balaban J connectivity index is 1.88. The van der Waals surface area contributed by atoms with Crippen molar-refractivity contribution in [3.05, 3.63) is 11.1 Å². The largest absolute Gasteiger partial charge is 0.173 e. The van der Waals surface area contributed by atoms with Crippen molar-refractivity contribution >= 4 is 45.5 Å². The standard InChI is InChI=1S/C18H26N4S2/c1-3-5-7-9-11-13-15-17(21-23-19-15)14(12-10-8-6-4-2)18-16(13)20-24-22-18/h3-12H2,1-2H3. The molecule has 0 saturated heterocycles. The molecule has 0 fully saturated rings. The van der Waals surface area contributed by atoms with Crippen molar-refractivity contribution in [3.63, 3.8) is 0 Å². The van der Waals surface area contributed by atoms with Gasteiger partial charge in [-0.25, -0.2) is 0 Å². The minimum Gasteiger partial charge on any atom is -0.173 e. The van der Waals surface area contributed by atoms with Gasteiger partial charge in [-0.15, -0.1) is 0 Å². The zero-order chi connectivity index (χ0) is 16.8. The van der Waals surface area contributed by atoms with Gasteiger partial charge in [0.1, 0.15) is 22.4 Å². The fraction of sp³-hybridized carbons (Fsp3) is 0.667. The van der Waals surface area contributed by atoms with Crippen LogP contribution in [0, 0.1) is 0 Å². The molecule has 0 radical (unpaired) electrons. The number of aromatic nitrogens is 2. The molecule has 130 valence electrons. The molecule has 24 heavy (non-hydrogen) atoms. The Morgan fingerprint density at radius 3 is 1.62 bits per heavy atom. The van der Waals surface area contributed by atoms with Crippen LogP contribution >= 0.6 is 11.7 Å². The van der Waals surface area contributed by atoms with Crippen LogP contribution in [0.3, 0.4) is 0 Å². The summed E-state index contributed by atoms with van der Waals surface area (Å²) in [5.74, 6) is 0. The number of hydrogen-bond acceptors (Lipinski definition) is 5. The first-order valence-corrected chi connectivity index (χ1v) is 10.7. The van der Waals surface area contributed by atoms with Crippen molar-refractivity contribution in [2.75, 3.05) is 0 Å². The zero-order valence-electron chi connectivity index (χ0n) is 14.7. The normalized spacial score (nSPS) is 12.8. The summed E-state index contributed by atoms with van der Waals surface area (Å²) in [6, 6.07) is 0. The third kappa shape index (κ3) is 3.75. The maximum Gasteiger partial charge on any atom is 0.110 e. The Kier molecular flexibility index (Phi) is 6.49. The van der Waals surface area contributed by atoms with Gasteiger partial charge in [0.05, 0.1) is 23.1 Å². The van der Waals surface area contributed by atoms with Gasteiger partial charge in [0.25, 0.3) is 0 Å². The van der Waals surface area contributed by atoms with Gasteiger partial charge < -0.3 is 0 Å². The van der Waals surface area contributed by atoms with E-state index in [4.69, 9.17) is 0 Å². The van der Waals surface area contributed by atoms with Gasteiger partial charge in [-0.1, -0.05) is 52.4 Å². The topological polar surface area (TPSA) is 50.5 Å². The maximum atomic E-state index is 4.62. The predicted molar refractivity (Wildman–Crippen MR) is 105 cm³/mol. The molecule has 0 saturated carbocycles. The maximum absolute atomic E-state index is 4.62. The Hall–Kier alpha value is -1.14. The minimum atomic E-state index is 1.04. The van der Waals surface area contributed by atoms with Gasteiger partial charge >= 0.3 is 0 Å². The molecule has 3 rings (SSSR count). The second kappa shape index (κ2) is 8.81. The smallest absolute Gasteiger partial charge is 0.110 e. The van der Waals surface area contributed by atoms with E-state index in [0.29, 0.717) is 0 Å². The molecule has 0 bridgehead atoms. The molecule has 0 amide bonds. The highest BCUT2D eigenvalue weighted by molar-refractivity contribution is 7.58. The Morgan fingerprint density at radius 1 is 0.667 bits per heavy atom. The lowest BCUT2D eigenvalue weighted by atomic mass is 9.95. The summed E-state index contributed by atoms with van der Waals surface area (Å²) in [5.41, 5.74) is 6.89. The van der Waals surface area contributed by atoms with Crippen molar-refractivity contribution in [1.29, 1.82) is 0 Å². The van der Waals surface area contributed by atoms with E-state index in [1.807, 2.05) is 0 Å². The Morgan fingerprint density at radius 2 is 1.17 bits per heavy atom. The molecule has 1 aromatic carbocycles. The summed E-state index contributed by atoms with van der Waals surface area (Å²) in [5, 5.41) is 0. The highest BCUT2D eigenvalue weighted by atomic mass is 32.1. The van der Waals surface area contributed by atoms with E-state index in [2.05, 4.69) is 31.3 Å². The molecule has 0 unspecified atom stereocenters. The van der Waals surface area contributed by atoms with E-state index < -0.39 is 0 Å². The average molecular weight is 363 g/mol. The molecular weight excluding hydrogens is 336 g/mol. The van der Waals surface area contributed by atoms with Crippen molar-refractivity contribution < 1.29 is 0 Å². The van der Waals surface area contributed by atoms with Gasteiger partial charge in [-0.2, -0.15) is 17.5 Å². The lowest BCUT2D eigenvalue weighted by molar-refractivity contribution is 0.666. The van der Waals surface area contributed by atoms with Gasteiger partial charge in [-0.3, -0.25) is 0 Å². The third-order valence-corrected chi connectivity index (χ3v) is 5.74. The molecule has 0 N–H and O–H groups in total. The molecule has 0 spiro atoms. The van der Waals surface area contributed by atoms with Crippen LogP contribution in [0.15, 0.2) is 8.73 Å². The van der Waals surface area contributed by atoms with Crippen LogP contribution in [0.25, 0.3) is 11.0 Å². The minimum absolute atomic E-state index is 1.04. The van der Waals surface area contributed by atoms with Gasteiger partial charge in [-0.05, 0) is 25.7 Å². The number of hydrogen-bond donors (Lipinski definition) is 0. The molecule has 1 aromatic heterocycles. The fourth-order valence-corrected chi connectivity index (χ4v) is 4.52. The van der Waals surface area contributed by atoms with E-state index in [0.717, 1.165) is 35.2 Å². The van der Waals surface area contributed by atoms with Crippen LogP contribution in [-0.4, -0.2) is 8.75 Å². The molecule has 1 aliphatic rings. The molecule has 2 aromatic rings. The summed E-state index contributed by atoms with van der Waals surface area (Å²) in [4.78, 5) is 0. The second-order valence-electron chi connectivity index (χ2n) is 6.50. The van der Waals surface area contributed by atoms with Gasteiger partial charge in [0, 0.05) is 11.1 Å². The van der Waals surface area contributed by atoms with E-state index >= 15 is 0 Å². The van der Waals surface area contributed by atoms with Crippen molar-refractivity contribution in [2.24, 2.45) is 8.73 Å². The molecule has 4 nitrogen and oxygen atoms in total. The Bertz CT molecular complexity index is 702. The van der Waals surface area contributed by atoms with Crippen LogP contribution in [0.4, 0.5) is 11.4 Å². The monoisotopic (exact) mass is 362 g/mol. The number of fused-ring (bicyclic) bond motifs is 2. The number of aryl methyl sites for hydroxylation is 2. The second-order valence-corrected chi connectivity index (χ2v) is 7.56. The number of unbranched alkanes of at least 4 members (excludes halogenated alkanes) is 6. The van der Waals surface area contributed by atoms with Crippen LogP contribution in [0.1, 0.15) is 76.3 Å². The first kappa shape index (κ1) is 17.7. The van der Waals surface area contributed by atoms with Crippen molar-refractivity contribution in [1.82, 2.24) is 8.75 Å². The molecular formula is C18H26N4S2. The van der Waals surface area contributed by atoms with Crippen LogP contribution < -0.4 is 0 Å². The lowest BCUT2D eigenvalue weighted by Crippen LogP contribution is -1.95. The van der Waals surface area contributed by atoms with Gasteiger partial charge in [0.2, 0.25) is 0 Å². The Labute approximate surface area is 152 Å². The van der Waals surface area contributed by atoms with E-state index in [1.54, 1.807) is 0 Å². The van der Waals surface area contributed by atoms with E-state index in [-0.39, 0.29) is 0 Å². The molecule has 2 heterocycles. The molecule has 6 heteroatoms.